The number of nitrogens with zero attached hydrogens (tertiary/aromatic N) is 1. The number of ether oxygens (including phenoxy) is 1. The van der Waals surface area contributed by atoms with Gasteiger partial charge in [0.15, 0.2) is 0 Å². The number of nitrogens with one attached hydrogen (secondary N) is 1. The zero-order chi connectivity index (χ0) is 15.4. The number of anilines is 1. The largest absolute Gasteiger partial charge is 0.494 e. The van der Waals surface area contributed by atoms with Crippen LogP contribution in [0.1, 0.15) is 51.3 Å². The topological polar surface area (TPSA) is 34.1 Å². The molecule has 21 heavy (non-hydrogen) atoms. The molecule has 0 aliphatic rings. The van der Waals surface area contributed by atoms with E-state index in [1.54, 1.807) is 0 Å². The van der Waals surface area contributed by atoms with Gasteiger partial charge in [-0.15, -0.1) is 0 Å². The quantitative estimate of drug-likeness (QED) is 0.821. The summed E-state index contributed by atoms with van der Waals surface area (Å²) in [4.78, 5) is 4.77. The molecular formula is C18H26N2O. The monoisotopic (exact) mass is 286 g/mol. The molecule has 0 atom stereocenters. The summed E-state index contributed by atoms with van der Waals surface area (Å²) in [6, 6.07) is 6.18. The van der Waals surface area contributed by atoms with Crippen LogP contribution in [0.25, 0.3) is 10.9 Å². The molecule has 2 rings (SSSR count). The molecule has 1 aromatic carbocycles. The van der Waals surface area contributed by atoms with Crippen LogP contribution in [-0.4, -0.2) is 18.1 Å². The van der Waals surface area contributed by atoms with Crippen molar-refractivity contribution in [2.75, 3.05) is 18.5 Å². The number of benzene rings is 1. The fraction of sp³-hybridized carbons (Fsp3) is 0.500. The molecule has 2 aromatic rings. The highest BCUT2D eigenvalue weighted by Crippen LogP contribution is 2.35. The summed E-state index contributed by atoms with van der Waals surface area (Å²) in [6.45, 7) is 12.4. The Bertz CT molecular complexity index is 620. The summed E-state index contributed by atoms with van der Waals surface area (Å²) in [7, 11) is 0. The van der Waals surface area contributed by atoms with Crippen LogP contribution < -0.4 is 10.1 Å². The first-order valence-electron chi connectivity index (χ1n) is 7.89. The second-order valence-corrected chi connectivity index (χ2v) is 5.70. The molecule has 0 saturated heterocycles. The van der Waals surface area contributed by atoms with Gasteiger partial charge in [0.2, 0.25) is 0 Å². The van der Waals surface area contributed by atoms with Crippen LogP contribution >= 0.6 is 0 Å². The van der Waals surface area contributed by atoms with Crippen molar-refractivity contribution in [3.05, 3.63) is 29.5 Å². The third-order valence-corrected chi connectivity index (χ3v) is 3.59. The van der Waals surface area contributed by atoms with E-state index in [-0.39, 0.29) is 0 Å². The van der Waals surface area contributed by atoms with Crippen molar-refractivity contribution in [2.24, 2.45) is 0 Å². The highest BCUT2D eigenvalue weighted by Gasteiger charge is 2.15. The summed E-state index contributed by atoms with van der Waals surface area (Å²) in [6.07, 6.45) is 1.02. The van der Waals surface area contributed by atoms with Gasteiger partial charge in [-0.05, 0) is 49.9 Å². The maximum atomic E-state index is 5.77. The van der Waals surface area contributed by atoms with Gasteiger partial charge in [-0.1, -0.05) is 20.8 Å². The van der Waals surface area contributed by atoms with Crippen molar-refractivity contribution in [2.45, 2.75) is 47.0 Å². The van der Waals surface area contributed by atoms with Crippen molar-refractivity contribution in [1.82, 2.24) is 4.98 Å². The fourth-order valence-electron chi connectivity index (χ4n) is 2.76. The van der Waals surface area contributed by atoms with E-state index < -0.39 is 0 Å². The summed E-state index contributed by atoms with van der Waals surface area (Å²) in [5.41, 5.74) is 4.64. The van der Waals surface area contributed by atoms with Crippen LogP contribution in [0.2, 0.25) is 0 Å². The predicted molar refractivity (Wildman–Crippen MR) is 90.5 cm³/mol. The number of rotatable bonds is 6. The Kier molecular flexibility index (Phi) is 5.05. The zero-order valence-electron chi connectivity index (χ0n) is 13.8. The molecule has 0 saturated carbocycles. The smallest absolute Gasteiger partial charge is 0.120 e. The Morgan fingerprint density at radius 1 is 1.24 bits per heavy atom. The van der Waals surface area contributed by atoms with Gasteiger partial charge in [-0.3, -0.25) is 4.98 Å². The molecule has 0 amide bonds. The standard InChI is InChI=1S/C18H26N2O/c1-6-10-21-14-8-9-16-15(11-14)18(19-7-2)17(12(3)4)13(5)20-16/h8-9,11-12H,6-7,10H2,1-5H3,(H,19,20). The molecule has 3 nitrogen and oxygen atoms in total. The van der Waals surface area contributed by atoms with E-state index in [9.17, 15) is 0 Å². The van der Waals surface area contributed by atoms with Crippen molar-refractivity contribution >= 4 is 16.6 Å². The van der Waals surface area contributed by atoms with E-state index in [0.717, 1.165) is 41.9 Å². The molecule has 114 valence electrons. The minimum atomic E-state index is 0.441. The Balaban J connectivity index is 2.62. The number of hydrogen-bond donors (Lipinski definition) is 1. The van der Waals surface area contributed by atoms with E-state index in [0.29, 0.717) is 5.92 Å². The van der Waals surface area contributed by atoms with E-state index in [4.69, 9.17) is 9.72 Å². The van der Waals surface area contributed by atoms with Gasteiger partial charge in [0.25, 0.3) is 0 Å². The van der Waals surface area contributed by atoms with Crippen LogP contribution in [0.3, 0.4) is 0 Å². The average molecular weight is 286 g/mol. The Labute approximate surface area is 127 Å². The highest BCUT2D eigenvalue weighted by molar-refractivity contribution is 5.94. The number of hydrogen-bond acceptors (Lipinski definition) is 3. The molecule has 0 radical (unpaired) electrons. The average Bonchev–Trinajstić information content (AvgIpc) is 2.45. The lowest BCUT2D eigenvalue weighted by Crippen LogP contribution is -2.07. The van der Waals surface area contributed by atoms with Crippen LogP contribution in [0.5, 0.6) is 5.75 Å². The first kappa shape index (κ1) is 15.6. The number of aryl methyl sites for hydroxylation is 1. The second-order valence-electron chi connectivity index (χ2n) is 5.70. The van der Waals surface area contributed by atoms with E-state index in [1.807, 2.05) is 6.07 Å². The maximum absolute atomic E-state index is 5.77. The third kappa shape index (κ3) is 3.29. The maximum Gasteiger partial charge on any atom is 0.120 e. The summed E-state index contributed by atoms with van der Waals surface area (Å²) in [5.74, 6) is 1.36. The first-order chi connectivity index (χ1) is 10.1. The Morgan fingerprint density at radius 2 is 2.00 bits per heavy atom. The summed E-state index contributed by atoms with van der Waals surface area (Å²) >= 11 is 0. The van der Waals surface area contributed by atoms with Crippen LogP contribution in [0.4, 0.5) is 5.69 Å². The van der Waals surface area contributed by atoms with Gasteiger partial charge in [0, 0.05) is 23.3 Å². The van der Waals surface area contributed by atoms with Crippen LogP contribution in [-0.2, 0) is 0 Å². The number of pyridine rings is 1. The normalized spacial score (nSPS) is 11.1. The second kappa shape index (κ2) is 6.79. The SMILES string of the molecule is CCCOc1ccc2nc(C)c(C(C)C)c(NCC)c2c1. The molecule has 1 N–H and O–H groups in total. The molecule has 1 aromatic heterocycles. The van der Waals surface area contributed by atoms with Crippen molar-refractivity contribution in [3.63, 3.8) is 0 Å². The van der Waals surface area contributed by atoms with Gasteiger partial charge in [0.05, 0.1) is 12.1 Å². The van der Waals surface area contributed by atoms with Gasteiger partial charge < -0.3 is 10.1 Å². The van der Waals surface area contributed by atoms with Crippen molar-refractivity contribution in [3.8, 4) is 5.75 Å². The highest BCUT2D eigenvalue weighted by atomic mass is 16.5. The molecule has 0 fully saturated rings. The van der Waals surface area contributed by atoms with E-state index in [1.165, 1.54) is 11.3 Å². The lowest BCUT2D eigenvalue weighted by atomic mass is 9.96. The van der Waals surface area contributed by atoms with E-state index in [2.05, 4.69) is 52.1 Å². The molecule has 0 aliphatic heterocycles. The third-order valence-electron chi connectivity index (χ3n) is 3.59. The molecule has 1 heterocycles. The minimum absolute atomic E-state index is 0.441. The van der Waals surface area contributed by atoms with E-state index >= 15 is 0 Å². The predicted octanol–water partition coefficient (Wildman–Crippen LogP) is 4.89. The van der Waals surface area contributed by atoms with Gasteiger partial charge >= 0.3 is 0 Å². The van der Waals surface area contributed by atoms with Gasteiger partial charge in [0.1, 0.15) is 5.75 Å². The van der Waals surface area contributed by atoms with Crippen molar-refractivity contribution < 1.29 is 4.74 Å². The minimum Gasteiger partial charge on any atom is -0.494 e. The molecular weight excluding hydrogens is 260 g/mol. The lowest BCUT2D eigenvalue weighted by Gasteiger charge is -2.19. The fourth-order valence-corrected chi connectivity index (χ4v) is 2.76. The van der Waals surface area contributed by atoms with Gasteiger partial charge in [-0.2, -0.15) is 0 Å². The molecule has 0 spiro atoms. The first-order valence-corrected chi connectivity index (χ1v) is 7.89. The Hall–Kier alpha value is -1.77. The Morgan fingerprint density at radius 3 is 2.62 bits per heavy atom. The van der Waals surface area contributed by atoms with Crippen LogP contribution in [0, 0.1) is 6.92 Å². The molecule has 0 bridgehead atoms. The summed E-state index contributed by atoms with van der Waals surface area (Å²) < 4.78 is 5.77. The number of fused-ring (bicyclic) bond motifs is 1. The molecule has 3 heteroatoms. The number of aromatic nitrogens is 1. The zero-order valence-corrected chi connectivity index (χ0v) is 13.8. The van der Waals surface area contributed by atoms with Crippen molar-refractivity contribution in [1.29, 1.82) is 0 Å². The molecule has 0 aliphatic carbocycles. The van der Waals surface area contributed by atoms with Crippen LogP contribution in [0.15, 0.2) is 18.2 Å². The van der Waals surface area contributed by atoms with Gasteiger partial charge in [-0.25, -0.2) is 0 Å². The lowest BCUT2D eigenvalue weighted by molar-refractivity contribution is 0.318. The summed E-state index contributed by atoms with van der Waals surface area (Å²) in [5, 5.41) is 4.68. The molecule has 0 unspecified atom stereocenters.